The number of nitrogens with two attached hydrogens (primary N) is 1. The summed E-state index contributed by atoms with van der Waals surface area (Å²) in [5.41, 5.74) is 2.97. The second kappa shape index (κ2) is 6.87. The van der Waals surface area contributed by atoms with Crippen LogP contribution < -0.4 is 11.1 Å². The minimum Gasteiger partial charge on any atom is -0.327 e. The maximum absolute atomic E-state index is 12.8. The van der Waals surface area contributed by atoms with E-state index in [0.717, 1.165) is 12.1 Å². The number of halogens is 6. The highest BCUT2D eigenvalue weighted by molar-refractivity contribution is 5.35. The van der Waals surface area contributed by atoms with Gasteiger partial charge in [0.15, 0.2) is 0 Å². The van der Waals surface area contributed by atoms with Gasteiger partial charge >= 0.3 is 12.4 Å². The molecule has 0 aliphatic rings. The summed E-state index contributed by atoms with van der Waals surface area (Å²) in [5, 5.41) is 2.85. The first-order chi connectivity index (χ1) is 9.95. The molecule has 0 aliphatic carbocycles. The molecule has 1 aromatic carbocycles. The predicted octanol–water partition coefficient (Wildman–Crippen LogP) is 4.11. The van der Waals surface area contributed by atoms with Crippen LogP contribution in [0.5, 0.6) is 0 Å². The molecule has 2 nitrogen and oxygen atoms in total. The van der Waals surface area contributed by atoms with Gasteiger partial charge in [-0.2, -0.15) is 26.3 Å². The van der Waals surface area contributed by atoms with Crippen molar-refractivity contribution < 1.29 is 26.3 Å². The van der Waals surface area contributed by atoms with Gasteiger partial charge < -0.3 is 11.1 Å². The Morgan fingerprint density at radius 2 is 1.45 bits per heavy atom. The molecule has 126 valence electrons. The van der Waals surface area contributed by atoms with E-state index < -0.39 is 29.5 Å². The highest BCUT2D eigenvalue weighted by atomic mass is 19.4. The molecule has 1 aromatic rings. The number of rotatable bonds is 5. The third-order valence-electron chi connectivity index (χ3n) is 3.32. The Bertz CT molecular complexity index is 463. The molecule has 0 amide bonds. The molecule has 2 atom stereocenters. The molecular formula is C14H18F6N2. The van der Waals surface area contributed by atoms with E-state index in [4.69, 9.17) is 5.73 Å². The van der Waals surface area contributed by atoms with Crippen LogP contribution in [-0.2, 0) is 12.4 Å². The lowest BCUT2D eigenvalue weighted by Gasteiger charge is -2.20. The lowest BCUT2D eigenvalue weighted by Crippen LogP contribution is -2.34. The van der Waals surface area contributed by atoms with E-state index in [-0.39, 0.29) is 17.7 Å². The quantitative estimate of drug-likeness (QED) is 0.798. The number of hydrogen-bond acceptors (Lipinski definition) is 2. The van der Waals surface area contributed by atoms with Crippen molar-refractivity contribution in [2.24, 2.45) is 5.73 Å². The summed E-state index contributed by atoms with van der Waals surface area (Å²) in [4.78, 5) is 0. The molecule has 1 rings (SSSR count). The van der Waals surface area contributed by atoms with Crippen molar-refractivity contribution >= 4 is 0 Å². The Morgan fingerprint density at radius 3 is 1.82 bits per heavy atom. The molecule has 1 unspecified atom stereocenters. The van der Waals surface area contributed by atoms with Gasteiger partial charge in [0.1, 0.15) is 0 Å². The van der Waals surface area contributed by atoms with Crippen molar-refractivity contribution in [1.82, 2.24) is 5.32 Å². The van der Waals surface area contributed by atoms with Crippen molar-refractivity contribution in [3.05, 3.63) is 34.9 Å². The van der Waals surface area contributed by atoms with Crippen LogP contribution in [0.2, 0.25) is 0 Å². The predicted molar refractivity (Wildman–Crippen MR) is 71.1 cm³/mol. The minimum atomic E-state index is -4.84. The Hall–Kier alpha value is -1.28. The van der Waals surface area contributed by atoms with E-state index in [1.807, 2.05) is 6.92 Å². The molecule has 0 fully saturated rings. The Morgan fingerprint density at radius 1 is 1.00 bits per heavy atom. The standard InChI is InChI=1S/C14H18F6N2/c1-3-12(21)7-22-8(2)9-4-10(13(15,16)17)6-11(5-9)14(18,19)20/h4-6,8,12,22H,3,7,21H2,1-2H3/t8-,12?/m0/s1. The Labute approximate surface area is 124 Å². The van der Waals surface area contributed by atoms with Gasteiger partial charge in [0, 0.05) is 18.6 Å². The van der Waals surface area contributed by atoms with Gasteiger partial charge in [-0.15, -0.1) is 0 Å². The summed E-state index contributed by atoms with van der Waals surface area (Å²) in [6, 6.07) is 0.680. The van der Waals surface area contributed by atoms with Gasteiger partial charge in [0.05, 0.1) is 11.1 Å². The summed E-state index contributed by atoms with van der Waals surface area (Å²) in [5.74, 6) is 0. The van der Waals surface area contributed by atoms with Gasteiger partial charge in [-0.05, 0) is 37.1 Å². The van der Waals surface area contributed by atoms with Gasteiger partial charge in [-0.3, -0.25) is 0 Å². The zero-order chi connectivity index (χ0) is 17.1. The maximum Gasteiger partial charge on any atom is 0.416 e. The molecule has 0 spiro atoms. The van der Waals surface area contributed by atoms with Crippen molar-refractivity contribution in [2.75, 3.05) is 6.54 Å². The largest absolute Gasteiger partial charge is 0.416 e. The molecule has 3 N–H and O–H groups in total. The van der Waals surface area contributed by atoms with Crippen LogP contribution in [-0.4, -0.2) is 12.6 Å². The average Bonchev–Trinajstić information content (AvgIpc) is 2.41. The van der Waals surface area contributed by atoms with Crippen molar-refractivity contribution in [3.63, 3.8) is 0 Å². The van der Waals surface area contributed by atoms with E-state index >= 15 is 0 Å². The summed E-state index contributed by atoms with van der Waals surface area (Å²) >= 11 is 0. The molecule has 0 bridgehead atoms. The zero-order valence-corrected chi connectivity index (χ0v) is 12.1. The van der Waals surface area contributed by atoms with Gasteiger partial charge in [0.2, 0.25) is 0 Å². The fraction of sp³-hybridized carbons (Fsp3) is 0.571. The fourth-order valence-corrected chi connectivity index (χ4v) is 1.82. The third-order valence-corrected chi connectivity index (χ3v) is 3.32. The fourth-order valence-electron chi connectivity index (χ4n) is 1.82. The molecule has 0 heterocycles. The normalized spacial score (nSPS) is 15.7. The number of alkyl halides is 6. The summed E-state index contributed by atoms with van der Waals surface area (Å²) in [6.45, 7) is 3.64. The average molecular weight is 328 g/mol. The molecule has 8 heteroatoms. The molecule has 22 heavy (non-hydrogen) atoms. The SMILES string of the molecule is CCC(N)CN[C@@H](C)c1cc(C(F)(F)F)cc(C(F)(F)F)c1. The van der Waals surface area contributed by atoms with Crippen LogP contribution in [0.3, 0.4) is 0 Å². The molecule has 0 saturated carbocycles. The smallest absolute Gasteiger partial charge is 0.327 e. The van der Waals surface area contributed by atoms with E-state index in [9.17, 15) is 26.3 Å². The minimum absolute atomic E-state index is 0.0783. The van der Waals surface area contributed by atoms with Crippen molar-refractivity contribution in [2.45, 2.75) is 44.7 Å². The lowest BCUT2D eigenvalue weighted by atomic mass is 10.00. The summed E-state index contributed by atoms with van der Waals surface area (Å²) in [6.07, 6.45) is -9.03. The van der Waals surface area contributed by atoms with E-state index in [1.165, 1.54) is 6.92 Å². The van der Waals surface area contributed by atoms with Crippen LogP contribution in [0.25, 0.3) is 0 Å². The van der Waals surface area contributed by atoms with Crippen LogP contribution in [0.15, 0.2) is 18.2 Å². The van der Waals surface area contributed by atoms with Crippen LogP contribution in [0, 0.1) is 0 Å². The Balaban J connectivity index is 3.13. The second-order valence-electron chi connectivity index (χ2n) is 5.14. The lowest BCUT2D eigenvalue weighted by molar-refractivity contribution is -0.143. The van der Waals surface area contributed by atoms with E-state index in [2.05, 4.69) is 5.32 Å². The molecule has 0 radical (unpaired) electrons. The van der Waals surface area contributed by atoms with Gasteiger partial charge in [0.25, 0.3) is 0 Å². The second-order valence-corrected chi connectivity index (χ2v) is 5.14. The topological polar surface area (TPSA) is 38.0 Å². The maximum atomic E-state index is 12.8. The molecule has 0 aliphatic heterocycles. The Kier molecular flexibility index (Phi) is 5.86. The number of benzene rings is 1. The monoisotopic (exact) mass is 328 g/mol. The summed E-state index contributed by atoms with van der Waals surface area (Å²) < 4.78 is 76.6. The van der Waals surface area contributed by atoms with E-state index in [1.54, 1.807) is 0 Å². The van der Waals surface area contributed by atoms with Gasteiger partial charge in [-0.1, -0.05) is 6.92 Å². The van der Waals surface area contributed by atoms with Crippen LogP contribution >= 0.6 is 0 Å². The zero-order valence-electron chi connectivity index (χ0n) is 12.1. The third kappa shape index (κ3) is 5.17. The number of nitrogens with one attached hydrogen (secondary N) is 1. The number of hydrogen-bond donors (Lipinski definition) is 2. The first kappa shape index (κ1) is 18.8. The highest BCUT2D eigenvalue weighted by Gasteiger charge is 2.37. The highest BCUT2D eigenvalue weighted by Crippen LogP contribution is 2.37. The van der Waals surface area contributed by atoms with Crippen LogP contribution in [0.1, 0.15) is 43.0 Å². The van der Waals surface area contributed by atoms with Crippen molar-refractivity contribution in [1.29, 1.82) is 0 Å². The molecule has 0 saturated heterocycles. The summed E-state index contributed by atoms with van der Waals surface area (Å²) in [7, 11) is 0. The van der Waals surface area contributed by atoms with E-state index in [0.29, 0.717) is 13.0 Å². The first-order valence-corrected chi connectivity index (χ1v) is 6.73. The van der Waals surface area contributed by atoms with Crippen LogP contribution in [0.4, 0.5) is 26.3 Å². The first-order valence-electron chi connectivity index (χ1n) is 6.73. The molecule has 0 aromatic heterocycles. The molecular weight excluding hydrogens is 310 g/mol. The van der Waals surface area contributed by atoms with Crippen molar-refractivity contribution in [3.8, 4) is 0 Å². The van der Waals surface area contributed by atoms with Gasteiger partial charge in [-0.25, -0.2) is 0 Å².